The monoisotopic (exact) mass is 309 g/mol. The molecular formula is C16H23NO3S. The van der Waals surface area contributed by atoms with Gasteiger partial charge in [-0.15, -0.1) is 11.8 Å². The zero-order valence-electron chi connectivity index (χ0n) is 13.0. The molecule has 0 aliphatic rings. The SMILES string of the molecule is Cc1ccc(C)c(SCC(=O)NC(CC(C)C)C(=O)O)c1. The Balaban J connectivity index is 2.56. The number of nitrogens with one attached hydrogen (secondary N) is 1. The molecule has 0 bridgehead atoms. The van der Waals surface area contributed by atoms with Gasteiger partial charge in [0.2, 0.25) is 5.91 Å². The fraction of sp³-hybridized carbons (Fsp3) is 0.500. The zero-order valence-corrected chi connectivity index (χ0v) is 13.8. The van der Waals surface area contributed by atoms with E-state index >= 15 is 0 Å². The average Bonchev–Trinajstić information content (AvgIpc) is 2.38. The summed E-state index contributed by atoms with van der Waals surface area (Å²) in [7, 11) is 0. The van der Waals surface area contributed by atoms with E-state index in [1.165, 1.54) is 11.8 Å². The molecule has 1 aromatic carbocycles. The lowest BCUT2D eigenvalue weighted by Crippen LogP contribution is -2.42. The van der Waals surface area contributed by atoms with Gasteiger partial charge in [-0.25, -0.2) is 4.79 Å². The first-order valence-electron chi connectivity index (χ1n) is 7.01. The minimum Gasteiger partial charge on any atom is -0.480 e. The van der Waals surface area contributed by atoms with Crippen LogP contribution in [0.4, 0.5) is 0 Å². The summed E-state index contributed by atoms with van der Waals surface area (Å²) in [5.74, 6) is -0.771. The van der Waals surface area contributed by atoms with Gasteiger partial charge in [0.05, 0.1) is 5.75 Å². The molecule has 0 spiro atoms. The van der Waals surface area contributed by atoms with Crippen molar-refractivity contribution in [3.8, 4) is 0 Å². The van der Waals surface area contributed by atoms with Gasteiger partial charge in [-0.3, -0.25) is 4.79 Å². The van der Waals surface area contributed by atoms with E-state index in [2.05, 4.69) is 5.32 Å². The van der Waals surface area contributed by atoms with Crippen LogP contribution in [0.5, 0.6) is 0 Å². The van der Waals surface area contributed by atoms with Crippen molar-refractivity contribution in [3.05, 3.63) is 29.3 Å². The quantitative estimate of drug-likeness (QED) is 0.760. The fourth-order valence-corrected chi connectivity index (χ4v) is 2.87. The molecule has 0 saturated heterocycles. The number of hydrogen-bond donors (Lipinski definition) is 2. The van der Waals surface area contributed by atoms with Crippen molar-refractivity contribution in [1.29, 1.82) is 0 Å². The van der Waals surface area contributed by atoms with Crippen molar-refractivity contribution in [2.75, 3.05) is 5.75 Å². The first kappa shape index (κ1) is 17.6. The zero-order chi connectivity index (χ0) is 16.0. The molecule has 0 radical (unpaired) electrons. The van der Waals surface area contributed by atoms with Crippen LogP contribution in [-0.2, 0) is 9.59 Å². The molecule has 21 heavy (non-hydrogen) atoms. The lowest BCUT2D eigenvalue weighted by molar-refractivity contribution is -0.141. The third kappa shape index (κ3) is 6.21. The van der Waals surface area contributed by atoms with Crippen LogP contribution in [0, 0.1) is 19.8 Å². The third-order valence-corrected chi connectivity index (χ3v) is 4.20. The van der Waals surface area contributed by atoms with Gasteiger partial charge in [0, 0.05) is 4.90 Å². The maximum atomic E-state index is 11.9. The van der Waals surface area contributed by atoms with Gasteiger partial charge in [0.25, 0.3) is 0 Å². The van der Waals surface area contributed by atoms with E-state index in [1.54, 1.807) is 0 Å². The molecule has 0 heterocycles. The number of hydrogen-bond acceptors (Lipinski definition) is 3. The number of carboxylic acid groups (broad SMARTS) is 1. The number of carboxylic acids is 1. The third-order valence-electron chi connectivity index (χ3n) is 3.04. The molecule has 1 rings (SSSR count). The Labute approximate surface area is 130 Å². The van der Waals surface area contributed by atoms with Crippen LogP contribution < -0.4 is 5.32 Å². The number of aryl methyl sites for hydroxylation is 2. The van der Waals surface area contributed by atoms with Crippen LogP contribution in [0.2, 0.25) is 0 Å². The van der Waals surface area contributed by atoms with Crippen LogP contribution in [-0.4, -0.2) is 28.8 Å². The summed E-state index contributed by atoms with van der Waals surface area (Å²) in [6, 6.07) is 5.28. The summed E-state index contributed by atoms with van der Waals surface area (Å²) >= 11 is 1.44. The molecule has 0 aromatic heterocycles. The highest BCUT2D eigenvalue weighted by atomic mass is 32.2. The van der Waals surface area contributed by atoms with Gasteiger partial charge in [-0.05, 0) is 37.8 Å². The topological polar surface area (TPSA) is 66.4 Å². The van der Waals surface area contributed by atoms with Gasteiger partial charge in [-0.2, -0.15) is 0 Å². The second-order valence-electron chi connectivity index (χ2n) is 5.65. The molecule has 0 fully saturated rings. The standard InChI is InChI=1S/C16H23NO3S/c1-10(2)7-13(16(19)20)17-15(18)9-21-14-8-11(3)5-6-12(14)4/h5-6,8,10,13H,7,9H2,1-4H3,(H,17,18)(H,19,20). The van der Waals surface area contributed by atoms with E-state index in [4.69, 9.17) is 5.11 Å². The molecule has 0 aliphatic heterocycles. The second kappa shape index (κ2) is 8.08. The molecule has 1 unspecified atom stereocenters. The van der Waals surface area contributed by atoms with Crippen LogP contribution >= 0.6 is 11.8 Å². The molecule has 0 saturated carbocycles. The van der Waals surface area contributed by atoms with E-state index in [0.29, 0.717) is 6.42 Å². The predicted molar refractivity (Wildman–Crippen MR) is 85.7 cm³/mol. The van der Waals surface area contributed by atoms with Crippen molar-refractivity contribution in [2.24, 2.45) is 5.92 Å². The maximum absolute atomic E-state index is 11.9. The van der Waals surface area contributed by atoms with Crippen molar-refractivity contribution in [3.63, 3.8) is 0 Å². The molecule has 1 aromatic rings. The van der Waals surface area contributed by atoms with Gasteiger partial charge in [-0.1, -0.05) is 31.5 Å². The maximum Gasteiger partial charge on any atom is 0.326 e. The van der Waals surface area contributed by atoms with E-state index < -0.39 is 12.0 Å². The summed E-state index contributed by atoms with van der Waals surface area (Å²) in [6.45, 7) is 7.88. The number of rotatable bonds is 7. The Morgan fingerprint density at radius 2 is 1.95 bits per heavy atom. The highest BCUT2D eigenvalue weighted by Gasteiger charge is 2.21. The number of carbonyl (C=O) groups excluding carboxylic acids is 1. The van der Waals surface area contributed by atoms with Gasteiger partial charge >= 0.3 is 5.97 Å². The minimum atomic E-state index is -0.978. The second-order valence-corrected chi connectivity index (χ2v) is 6.66. The largest absolute Gasteiger partial charge is 0.480 e. The molecule has 1 atom stereocenters. The van der Waals surface area contributed by atoms with Crippen molar-refractivity contribution in [1.82, 2.24) is 5.32 Å². The van der Waals surface area contributed by atoms with E-state index in [9.17, 15) is 9.59 Å². The summed E-state index contributed by atoms with van der Waals surface area (Å²) in [4.78, 5) is 24.1. The number of benzene rings is 1. The Hall–Kier alpha value is -1.49. The Morgan fingerprint density at radius 1 is 1.29 bits per heavy atom. The molecule has 4 nitrogen and oxygen atoms in total. The van der Waals surface area contributed by atoms with Crippen LogP contribution in [0.25, 0.3) is 0 Å². The van der Waals surface area contributed by atoms with E-state index in [0.717, 1.165) is 16.0 Å². The molecule has 116 valence electrons. The Morgan fingerprint density at radius 3 is 2.52 bits per heavy atom. The normalized spacial score (nSPS) is 12.2. The fourth-order valence-electron chi connectivity index (χ4n) is 1.93. The van der Waals surface area contributed by atoms with Crippen molar-refractivity contribution >= 4 is 23.6 Å². The molecule has 2 N–H and O–H groups in total. The smallest absolute Gasteiger partial charge is 0.326 e. The summed E-state index contributed by atoms with van der Waals surface area (Å²) < 4.78 is 0. The molecule has 0 aliphatic carbocycles. The number of aliphatic carboxylic acids is 1. The Kier molecular flexibility index (Phi) is 6.75. The van der Waals surface area contributed by atoms with Gasteiger partial charge < -0.3 is 10.4 Å². The van der Waals surface area contributed by atoms with Crippen molar-refractivity contribution < 1.29 is 14.7 Å². The molecule has 5 heteroatoms. The first-order valence-corrected chi connectivity index (χ1v) is 8.00. The molecular weight excluding hydrogens is 286 g/mol. The van der Waals surface area contributed by atoms with Crippen molar-refractivity contribution in [2.45, 2.75) is 45.1 Å². The number of amides is 1. The summed E-state index contributed by atoms with van der Waals surface area (Å²) in [5.41, 5.74) is 2.27. The highest BCUT2D eigenvalue weighted by Crippen LogP contribution is 2.23. The van der Waals surface area contributed by atoms with Gasteiger partial charge in [0.15, 0.2) is 0 Å². The van der Waals surface area contributed by atoms with E-state index in [-0.39, 0.29) is 17.6 Å². The highest BCUT2D eigenvalue weighted by molar-refractivity contribution is 8.00. The lowest BCUT2D eigenvalue weighted by atomic mass is 10.0. The summed E-state index contributed by atoms with van der Waals surface area (Å²) in [6.07, 6.45) is 0.440. The Bertz CT molecular complexity index is 514. The number of carbonyl (C=O) groups is 2. The van der Waals surface area contributed by atoms with E-state index in [1.807, 2.05) is 45.9 Å². The molecule has 1 amide bonds. The van der Waals surface area contributed by atoms with Gasteiger partial charge in [0.1, 0.15) is 6.04 Å². The predicted octanol–water partition coefficient (Wildman–Crippen LogP) is 3.01. The van der Waals surface area contributed by atoms with Crippen LogP contribution in [0.1, 0.15) is 31.4 Å². The average molecular weight is 309 g/mol. The summed E-state index contributed by atoms with van der Waals surface area (Å²) in [5, 5.41) is 11.7. The number of thioether (sulfide) groups is 1. The first-order chi connectivity index (χ1) is 9.79. The lowest BCUT2D eigenvalue weighted by Gasteiger charge is -2.16. The minimum absolute atomic E-state index is 0.220. The van der Waals surface area contributed by atoms with Crippen LogP contribution in [0.3, 0.4) is 0 Å². The van der Waals surface area contributed by atoms with Crippen LogP contribution in [0.15, 0.2) is 23.1 Å².